The van der Waals surface area contributed by atoms with Crippen LogP contribution in [0.4, 0.5) is 11.4 Å². The SMILES string of the molecule is O=C(COc1ccc(/C=C2\SC(=S)N(c3ccccc3)C2=O)cc1)Nc1ccc(Cl)c(Cl)c1. The van der Waals surface area contributed by atoms with E-state index in [-0.39, 0.29) is 18.4 Å². The highest BCUT2D eigenvalue weighted by molar-refractivity contribution is 8.27. The molecule has 9 heteroatoms. The van der Waals surface area contributed by atoms with Gasteiger partial charge in [-0.3, -0.25) is 14.5 Å². The summed E-state index contributed by atoms with van der Waals surface area (Å²) in [6.45, 7) is -0.171. The van der Waals surface area contributed by atoms with Gasteiger partial charge in [-0.15, -0.1) is 0 Å². The molecule has 1 fully saturated rings. The van der Waals surface area contributed by atoms with Crippen LogP contribution in [0, 0.1) is 0 Å². The Morgan fingerprint density at radius 2 is 1.76 bits per heavy atom. The number of carbonyl (C=O) groups excluding carboxylic acids is 2. The number of hydrogen-bond acceptors (Lipinski definition) is 5. The Bertz CT molecular complexity index is 1250. The van der Waals surface area contributed by atoms with Crippen molar-refractivity contribution in [2.24, 2.45) is 0 Å². The standard InChI is InChI=1S/C24H16Cl2N2O3S2/c25-19-11-8-16(13-20(19)26)27-22(29)14-31-18-9-6-15(7-10-18)12-21-23(30)28(24(32)33-21)17-4-2-1-3-5-17/h1-13H,14H2,(H,27,29)/b21-12-. The Balaban J connectivity index is 1.36. The molecule has 0 spiro atoms. The number of nitrogens with one attached hydrogen (secondary N) is 1. The number of ether oxygens (including phenoxy) is 1. The van der Waals surface area contributed by atoms with Crippen LogP contribution in [-0.4, -0.2) is 22.7 Å². The molecule has 0 aromatic heterocycles. The van der Waals surface area contributed by atoms with Crippen LogP contribution < -0.4 is 15.0 Å². The highest BCUT2D eigenvalue weighted by Gasteiger charge is 2.33. The maximum absolute atomic E-state index is 12.8. The Kier molecular flexibility index (Phi) is 7.35. The van der Waals surface area contributed by atoms with Crippen molar-refractivity contribution < 1.29 is 14.3 Å². The second-order valence-corrected chi connectivity index (χ2v) is 9.38. The largest absolute Gasteiger partial charge is 0.484 e. The van der Waals surface area contributed by atoms with Crippen LogP contribution in [0.5, 0.6) is 5.75 Å². The highest BCUT2D eigenvalue weighted by atomic mass is 35.5. The summed E-state index contributed by atoms with van der Waals surface area (Å²) < 4.78 is 6.03. The maximum atomic E-state index is 12.8. The Hall–Kier alpha value is -2.84. The molecule has 0 atom stereocenters. The van der Waals surface area contributed by atoms with Crippen molar-refractivity contribution in [1.82, 2.24) is 0 Å². The van der Waals surface area contributed by atoms with Crippen molar-refractivity contribution in [3.8, 4) is 5.75 Å². The molecule has 0 aliphatic carbocycles. The first-order chi connectivity index (χ1) is 15.9. The Morgan fingerprint density at radius 3 is 2.45 bits per heavy atom. The molecular formula is C24H16Cl2N2O3S2. The predicted molar refractivity (Wildman–Crippen MR) is 139 cm³/mol. The predicted octanol–water partition coefficient (Wildman–Crippen LogP) is 6.42. The minimum atomic E-state index is -0.331. The molecule has 166 valence electrons. The molecular weight excluding hydrogens is 499 g/mol. The van der Waals surface area contributed by atoms with E-state index in [9.17, 15) is 9.59 Å². The summed E-state index contributed by atoms with van der Waals surface area (Å²) in [5.74, 6) is 0.0332. The second kappa shape index (κ2) is 10.4. The van der Waals surface area contributed by atoms with Crippen LogP contribution in [0.1, 0.15) is 5.56 Å². The fraction of sp³-hybridized carbons (Fsp3) is 0.0417. The molecule has 1 N–H and O–H groups in total. The van der Waals surface area contributed by atoms with E-state index in [1.54, 1.807) is 48.5 Å². The van der Waals surface area contributed by atoms with Gasteiger partial charge in [-0.2, -0.15) is 0 Å². The molecule has 0 saturated carbocycles. The lowest BCUT2D eigenvalue weighted by Crippen LogP contribution is -2.27. The zero-order valence-electron chi connectivity index (χ0n) is 17.0. The van der Waals surface area contributed by atoms with Crippen LogP contribution >= 0.6 is 47.2 Å². The van der Waals surface area contributed by atoms with Gasteiger partial charge >= 0.3 is 0 Å². The molecule has 1 aliphatic heterocycles. The normalized spacial score (nSPS) is 14.6. The molecule has 3 aromatic rings. The van der Waals surface area contributed by atoms with Crippen molar-refractivity contribution >= 4 is 80.8 Å². The van der Waals surface area contributed by atoms with Gasteiger partial charge < -0.3 is 10.1 Å². The number of carbonyl (C=O) groups is 2. The number of amides is 2. The molecule has 0 bridgehead atoms. The van der Waals surface area contributed by atoms with Gasteiger partial charge in [-0.05, 0) is 54.1 Å². The van der Waals surface area contributed by atoms with E-state index in [2.05, 4.69) is 5.32 Å². The van der Waals surface area contributed by atoms with Crippen molar-refractivity contribution in [1.29, 1.82) is 0 Å². The van der Waals surface area contributed by atoms with Gasteiger partial charge in [0.25, 0.3) is 11.8 Å². The summed E-state index contributed by atoms with van der Waals surface area (Å²) in [4.78, 5) is 27.0. The van der Waals surface area contributed by atoms with Gasteiger partial charge in [0.05, 0.1) is 20.6 Å². The van der Waals surface area contributed by atoms with E-state index in [0.29, 0.717) is 30.7 Å². The lowest BCUT2D eigenvalue weighted by atomic mass is 10.2. The lowest BCUT2D eigenvalue weighted by Gasteiger charge is -2.13. The van der Waals surface area contributed by atoms with Gasteiger partial charge in [-0.25, -0.2) is 0 Å². The highest BCUT2D eigenvalue weighted by Crippen LogP contribution is 2.36. The van der Waals surface area contributed by atoms with E-state index in [4.69, 9.17) is 40.2 Å². The summed E-state index contributed by atoms with van der Waals surface area (Å²) >= 11 is 18.5. The van der Waals surface area contributed by atoms with Crippen LogP contribution in [0.15, 0.2) is 77.7 Å². The first-order valence-electron chi connectivity index (χ1n) is 9.71. The molecule has 0 unspecified atom stereocenters. The number of thioether (sulfide) groups is 1. The first-order valence-corrected chi connectivity index (χ1v) is 11.7. The third-order valence-electron chi connectivity index (χ3n) is 4.56. The quantitative estimate of drug-likeness (QED) is 0.304. The van der Waals surface area contributed by atoms with E-state index >= 15 is 0 Å². The zero-order chi connectivity index (χ0) is 23.4. The van der Waals surface area contributed by atoms with Gasteiger partial charge in [-0.1, -0.05) is 77.5 Å². The lowest BCUT2D eigenvalue weighted by molar-refractivity contribution is -0.118. The Labute approximate surface area is 210 Å². The Morgan fingerprint density at radius 1 is 1.03 bits per heavy atom. The van der Waals surface area contributed by atoms with E-state index in [1.807, 2.05) is 30.3 Å². The van der Waals surface area contributed by atoms with Crippen LogP contribution in [0.2, 0.25) is 10.0 Å². The monoisotopic (exact) mass is 514 g/mol. The number of thiocarbonyl (C=S) groups is 1. The molecule has 5 nitrogen and oxygen atoms in total. The van der Waals surface area contributed by atoms with E-state index < -0.39 is 0 Å². The molecule has 1 heterocycles. The molecule has 1 saturated heterocycles. The summed E-state index contributed by atoms with van der Waals surface area (Å²) in [6, 6.07) is 21.2. The molecule has 0 radical (unpaired) electrons. The summed E-state index contributed by atoms with van der Waals surface area (Å²) in [5.41, 5.74) is 2.09. The maximum Gasteiger partial charge on any atom is 0.270 e. The zero-order valence-corrected chi connectivity index (χ0v) is 20.1. The minimum absolute atomic E-state index is 0.157. The molecule has 1 aliphatic rings. The summed E-state index contributed by atoms with van der Waals surface area (Å²) in [6.07, 6.45) is 1.78. The van der Waals surface area contributed by atoms with Crippen LogP contribution in [-0.2, 0) is 9.59 Å². The number of para-hydroxylation sites is 1. The number of hydrogen-bond donors (Lipinski definition) is 1. The van der Waals surface area contributed by atoms with Crippen molar-refractivity contribution in [2.45, 2.75) is 0 Å². The van der Waals surface area contributed by atoms with Crippen LogP contribution in [0.25, 0.3) is 6.08 Å². The fourth-order valence-electron chi connectivity index (χ4n) is 3.00. The average molecular weight is 515 g/mol. The van der Waals surface area contributed by atoms with Crippen molar-refractivity contribution in [3.63, 3.8) is 0 Å². The second-order valence-electron chi connectivity index (χ2n) is 6.89. The molecule has 3 aromatic carbocycles. The number of anilines is 2. The number of nitrogens with zero attached hydrogens (tertiary/aromatic N) is 1. The van der Waals surface area contributed by atoms with Crippen LogP contribution in [0.3, 0.4) is 0 Å². The van der Waals surface area contributed by atoms with Gasteiger partial charge in [0, 0.05) is 5.69 Å². The third-order valence-corrected chi connectivity index (χ3v) is 6.60. The van der Waals surface area contributed by atoms with Crippen molar-refractivity contribution in [3.05, 3.63) is 93.3 Å². The summed E-state index contributed by atoms with van der Waals surface area (Å²) in [7, 11) is 0. The molecule has 4 rings (SSSR count). The first kappa shape index (κ1) is 23.3. The number of benzene rings is 3. The number of halogens is 2. The molecule has 33 heavy (non-hydrogen) atoms. The van der Waals surface area contributed by atoms with E-state index in [0.717, 1.165) is 11.3 Å². The van der Waals surface area contributed by atoms with Gasteiger partial charge in [0.2, 0.25) is 0 Å². The smallest absolute Gasteiger partial charge is 0.270 e. The minimum Gasteiger partial charge on any atom is -0.484 e. The van der Waals surface area contributed by atoms with Gasteiger partial charge in [0.1, 0.15) is 5.75 Å². The number of rotatable bonds is 6. The van der Waals surface area contributed by atoms with Gasteiger partial charge in [0.15, 0.2) is 10.9 Å². The van der Waals surface area contributed by atoms with Crippen molar-refractivity contribution in [2.75, 3.05) is 16.8 Å². The fourth-order valence-corrected chi connectivity index (χ4v) is 4.60. The third kappa shape index (κ3) is 5.75. The topological polar surface area (TPSA) is 58.6 Å². The average Bonchev–Trinajstić information content (AvgIpc) is 3.09. The molecule has 2 amide bonds. The summed E-state index contributed by atoms with van der Waals surface area (Å²) in [5, 5.41) is 3.46. The van der Waals surface area contributed by atoms with E-state index in [1.165, 1.54) is 16.7 Å².